The van der Waals surface area contributed by atoms with Gasteiger partial charge in [-0.3, -0.25) is 14.3 Å². The van der Waals surface area contributed by atoms with Crippen LogP contribution in [-0.4, -0.2) is 35.4 Å². The van der Waals surface area contributed by atoms with Crippen LogP contribution in [0.4, 0.5) is 5.69 Å². The number of carbonyl (C=O) groups is 1. The number of aromatic nitrogens is 6. The van der Waals surface area contributed by atoms with Crippen LogP contribution in [0.15, 0.2) is 17.1 Å². The normalized spacial score (nSPS) is 11.3. The van der Waals surface area contributed by atoms with Crippen LogP contribution in [0.2, 0.25) is 0 Å². The highest BCUT2D eigenvalue weighted by Gasteiger charge is 2.21. The Labute approximate surface area is 176 Å². The van der Waals surface area contributed by atoms with Gasteiger partial charge in [-0.2, -0.15) is 10.2 Å². The summed E-state index contributed by atoms with van der Waals surface area (Å²) in [6.07, 6.45) is 1.60. The first kappa shape index (κ1) is 19.9. The standard InChI is InChI=1S/C20H21N7O2S/c1-9-10(2)24-27(6)20(29)15(9)19-22-12(4)16(30-19)18(28)23-13-7-14-11(3)25-26(5)17(14)21-8-13/h7-8H,1-6H3,(H,23,28). The summed E-state index contributed by atoms with van der Waals surface area (Å²) in [7, 11) is 3.44. The molecule has 1 amide bonds. The van der Waals surface area contributed by atoms with E-state index in [1.54, 1.807) is 24.9 Å². The second kappa shape index (κ2) is 7.13. The van der Waals surface area contributed by atoms with Crippen LogP contribution < -0.4 is 10.9 Å². The molecular weight excluding hydrogens is 402 g/mol. The van der Waals surface area contributed by atoms with Gasteiger partial charge in [-0.05, 0) is 39.3 Å². The Morgan fingerprint density at radius 3 is 2.47 bits per heavy atom. The first-order valence-electron chi connectivity index (χ1n) is 9.30. The van der Waals surface area contributed by atoms with E-state index in [0.717, 1.165) is 28.0 Å². The second-order valence-corrected chi connectivity index (χ2v) is 8.21. The van der Waals surface area contributed by atoms with Gasteiger partial charge in [-0.15, -0.1) is 11.3 Å². The average molecular weight is 424 g/mol. The zero-order valence-corrected chi connectivity index (χ0v) is 18.4. The summed E-state index contributed by atoms with van der Waals surface area (Å²) in [5.41, 5.74) is 4.48. The Morgan fingerprint density at radius 2 is 1.73 bits per heavy atom. The van der Waals surface area contributed by atoms with Crippen molar-refractivity contribution in [3.8, 4) is 10.6 Å². The lowest BCUT2D eigenvalue weighted by molar-refractivity contribution is 0.103. The SMILES string of the molecule is Cc1nc(-c2c(C)c(C)nn(C)c2=O)sc1C(=O)Nc1cnc2c(c1)c(C)nn2C. The molecule has 0 atom stereocenters. The fourth-order valence-corrected chi connectivity index (χ4v) is 4.43. The third-order valence-electron chi connectivity index (χ3n) is 5.06. The van der Waals surface area contributed by atoms with Crippen molar-refractivity contribution >= 4 is 34.0 Å². The van der Waals surface area contributed by atoms with Crippen molar-refractivity contribution in [3.63, 3.8) is 0 Å². The van der Waals surface area contributed by atoms with Crippen molar-refractivity contribution in [2.24, 2.45) is 14.1 Å². The lowest BCUT2D eigenvalue weighted by Gasteiger charge is -2.07. The number of carbonyl (C=O) groups excluding carboxylic acids is 1. The minimum absolute atomic E-state index is 0.236. The Morgan fingerprint density at radius 1 is 1.03 bits per heavy atom. The zero-order valence-electron chi connectivity index (χ0n) is 17.6. The van der Waals surface area contributed by atoms with Crippen LogP contribution in [0.1, 0.15) is 32.3 Å². The third kappa shape index (κ3) is 3.18. The van der Waals surface area contributed by atoms with Crippen LogP contribution >= 0.6 is 11.3 Å². The number of hydrogen-bond acceptors (Lipinski definition) is 7. The molecular formula is C20H21N7O2S. The molecule has 30 heavy (non-hydrogen) atoms. The molecule has 1 N–H and O–H groups in total. The fourth-order valence-electron chi connectivity index (χ4n) is 3.38. The maximum absolute atomic E-state index is 12.9. The van der Waals surface area contributed by atoms with E-state index in [4.69, 9.17) is 0 Å². The first-order chi connectivity index (χ1) is 14.2. The van der Waals surface area contributed by atoms with Crippen LogP contribution in [-0.2, 0) is 14.1 Å². The molecule has 4 aromatic heterocycles. The van der Waals surface area contributed by atoms with Gasteiger partial charge in [0.05, 0.1) is 34.5 Å². The summed E-state index contributed by atoms with van der Waals surface area (Å²) in [4.78, 5) is 34.9. The van der Waals surface area contributed by atoms with Crippen LogP contribution in [0, 0.1) is 27.7 Å². The van der Waals surface area contributed by atoms with E-state index in [9.17, 15) is 9.59 Å². The molecule has 0 aliphatic rings. The first-order valence-corrected chi connectivity index (χ1v) is 10.1. The highest BCUT2D eigenvalue weighted by molar-refractivity contribution is 7.17. The quantitative estimate of drug-likeness (QED) is 0.543. The summed E-state index contributed by atoms with van der Waals surface area (Å²) in [5, 5.41) is 12.8. The molecule has 10 heteroatoms. The van der Waals surface area contributed by atoms with Crippen molar-refractivity contribution in [2.75, 3.05) is 5.32 Å². The predicted octanol–water partition coefficient (Wildman–Crippen LogP) is 2.67. The number of rotatable bonds is 3. The number of aryl methyl sites for hydroxylation is 5. The molecule has 4 aromatic rings. The molecule has 0 spiro atoms. The Bertz CT molecular complexity index is 1380. The lowest BCUT2D eigenvalue weighted by atomic mass is 10.1. The number of hydrogen-bond donors (Lipinski definition) is 1. The van der Waals surface area contributed by atoms with Crippen molar-refractivity contribution in [3.05, 3.63) is 50.1 Å². The summed E-state index contributed by atoms with van der Waals surface area (Å²) < 4.78 is 3.00. The molecule has 0 bridgehead atoms. The molecule has 0 aliphatic heterocycles. The lowest BCUT2D eigenvalue weighted by Crippen LogP contribution is -2.23. The smallest absolute Gasteiger partial charge is 0.277 e. The average Bonchev–Trinajstić information content (AvgIpc) is 3.20. The minimum Gasteiger partial charge on any atom is -0.320 e. The fraction of sp³-hybridized carbons (Fsp3) is 0.300. The number of amides is 1. The molecule has 9 nitrogen and oxygen atoms in total. The molecule has 4 rings (SSSR count). The molecule has 0 unspecified atom stereocenters. The van der Waals surface area contributed by atoms with Crippen molar-refractivity contribution in [1.82, 2.24) is 29.5 Å². The number of fused-ring (bicyclic) bond motifs is 1. The van der Waals surface area contributed by atoms with E-state index in [1.807, 2.05) is 33.9 Å². The number of thiazole rings is 1. The Hall–Kier alpha value is -3.40. The van der Waals surface area contributed by atoms with E-state index < -0.39 is 0 Å². The van der Waals surface area contributed by atoms with Crippen LogP contribution in [0.5, 0.6) is 0 Å². The maximum atomic E-state index is 12.9. The topological polar surface area (TPSA) is 108 Å². The van der Waals surface area contributed by atoms with E-state index in [-0.39, 0.29) is 11.5 Å². The van der Waals surface area contributed by atoms with E-state index in [1.165, 1.54) is 16.0 Å². The van der Waals surface area contributed by atoms with Gasteiger partial charge in [0.1, 0.15) is 9.88 Å². The van der Waals surface area contributed by atoms with Crippen LogP contribution in [0.3, 0.4) is 0 Å². The van der Waals surface area contributed by atoms with Gasteiger partial charge in [0.25, 0.3) is 11.5 Å². The number of nitrogens with one attached hydrogen (secondary N) is 1. The van der Waals surface area contributed by atoms with Gasteiger partial charge in [0.2, 0.25) is 0 Å². The van der Waals surface area contributed by atoms with Crippen molar-refractivity contribution in [1.29, 1.82) is 0 Å². The highest BCUT2D eigenvalue weighted by atomic mass is 32.1. The van der Waals surface area contributed by atoms with Gasteiger partial charge in [0.15, 0.2) is 5.65 Å². The molecule has 0 aromatic carbocycles. The van der Waals surface area contributed by atoms with Gasteiger partial charge in [0, 0.05) is 19.5 Å². The van der Waals surface area contributed by atoms with Gasteiger partial charge in [-0.25, -0.2) is 14.6 Å². The van der Waals surface area contributed by atoms with Crippen molar-refractivity contribution < 1.29 is 4.79 Å². The summed E-state index contributed by atoms with van der Waals surface area (Å²) in [5.74, 6) is -0.292. The molecule has 0 radical (unpaired) electrons. The van der Waals surface area contributed by atoms with E-state index >= 15 is 0 Å². The summed E-state index contributed by atoms with van der Waals surface area (Å²) >= 11 is 1.20. The zero-order chi connectivity index (χ0) is 21.7. The second-order valence-electron chi connectivity index (χ2n) is 7.21. The molecule has 0 fully saturated rings. The molecule has 0 saturated heterocycles. The summed E-state index contributed by atoms with van der Waals surface area (Å²) in [6, 6.07) is 1.85. The van der Waals surface area contributed by atoms with Gasteiger partial charge < -0.3 is 5.32 Å². The highest BCUT2D eigenvalue weighted by Crippen LogP contribution is 2.29. The van der Waals surface area contributed by atoms with Crippen molar-refractivity contribution in [2.45, 2.75) is 27.7 Å². The molecule has 154 valence electrons. The largest absolute Gasteiger partial charge is 0.320 e. The Balaban J connectivity index is 1.70. The van der Waals surface area contributed by atoms with Gasteiger partial charge >= 0.3 is 0 Å². The van der Waals surface area contributed by atoms with Gasteiger partial charge in [-0.1, -0.05) is 0 Å². The monoisotopic (exact) mass is 423 g/mol. The number of pyridine rings is 1. The van der Waals surface area contributed by atoms with E-state index in [0.29, 0.717) is 26.8 Å². The van der Waals surface area contributed by atoms with Crippen LogP contribution in [0.25, 0.3) is 21.6 Å². The van der Waals surface area contributed by atoms with E-state index in [2.05, 4.69) is 25.5 Å². The predicted molar refractivity (Wildman–Crippen MR) is 116 cm³/mol. The molecule has 0 aliphatic carbocycles. The molecule has 0 saturated carbocycles. The maximum Gasteiger partial charge on any atom is 0.277 e. The minimum atomic E-state index is -0.292. The molecule has 4 heterocycles. The third-order valence-corrected chi connectivity index (χ3v) is 6.24. The Kier molecular flexibility index (Phi) is 4.73. The number of anilines is 1. The summed E-state index contributed by atoms with van der Waals surface area (Å²) in [6.45, 7) is 7.34. The number of nitrogens with zero attached hydrogens (tertiary/aromatic N) is 6.